The third kappa shape index (κ3) is 5.10. The molecule has 1 atom stereocenters. The molecule has 0 fully saturated rings. The lowest BCUT2D eigenvalue weighted by molar-refractivity contribution is 0.391. The topological polar surface area (TPSA) is 121 Å². The number of halogens is 1. The number of benzene rings is 1. The molecule has 0 aliphatic heterocycles. The van der Waals surface area contributed by atoms with Crippen molar-refractivity contribution in [1.29, 1.82) is 0 Å². The zero-order valence-electron chi connectivity index (χ0n) is 19.5. The Bertz CT molecular complexity index is 1410. The van der Waals surface area contributed by atoms with E-state index in [4.69, 9.17) is 25.5 Å². The number of rotatable bonds is 9. The second-order valence-corrected chi connectivity index (χ2v) is 10.3. The van der Waals surface area contributed by atoms with Crippen LogP contribution in [0.2, 0.25) is 5.02 Å². The molecule has 0 aliphatic rings. The third-order valence-electron chi connectivity index (χ3n) is 5.30. The number of aryl methyl sites for hydroxylation is 1. The molecule has 0 aliphatic carbocycles. The van der Waals surface area contributed by atoms with Crippen LogP contribution in [-0.4, -0.2) is 47.6 Å². The molecular weight excluding hydrogens is 494 g/mol. The van der Waals surface area contributed by atoms with E-state index in [1.807, 2.05) is 0 Å². The number of hydrogen-bond acceptors (Lipinski definition) is 8. The number of nitrogens with zero attached hydrogens (tertiary/aromatic N) is 4. The van der Waals surface area contributed by atoms with E-state index in [9.17, 15) is 8.42 Å². The molecule has 1 aromatic carbocycles. The molecule has 0 unspecified atom stereocenters. The van der Waals surface area contributed by atoms with Gasteiger partial charge in [-0.25, -0.2) is 8.42 Å². The van der Waals surface area contributed by atoms with Crippen molar-refractivity contribution in [3.05, 3.63) is 65.1 Å². The maximum absolute atomic E-state index is 13.3. The van der Waals surface area contributed by atoms with Gasteiger partial charge in [-0.1, -0.05) is 17.7 Å². The lowest BCUT2D eigenvalue weighted by Gasteiger charge is -2.18. The largest absolute Gasteiger partial charge is 0.494 e. The fourth-order valence-electron chi connectivity index (χ4n) is 3.49. The molecule has 184 valence electrons. The van der Waals surface area contributed by atoms with Gasteiger partial charge in [0.05, 0.1) is 24.5 Å². The van der Waals surface area contributed by atoms with E-state index in [-0.39, 0.29) is 18.2 Å². The molecule has 0 saturated heterocycles. The highest BCUT2D eigenvalue weighted by Crippen LogP contribution is 2.38. The SMILES string of the molecule is COc1cccc(OC)c1-n1c(NS(=O)(=O)[C@@H](C)Cc2ccc(Cl)cn2)nnc1-c1ccc(C)o1. The fraction of sp³-hybridized carbons (Fsp3) is 0.261. The Balaban J connectivity index is 1.79. The maximum atomic E-state index is 13.3. The molecule has 0 saturated carbocycles. The van der Waals surface area contributed by atoms with Crippen LogP contribution < -0.4 is 14.2 Å². The quantitative estimate of drug-likeness (QED) is 0.349. The molecule has 12 heteroatoms. The monoisotopic (exact) mass is 517 g/mol. The summed E-state index contributed by atoms with van der Waals surface area (Å²) in [4.78, 5) is 4.19. The summed E-state index contributed by atoms with van der Waals surface area (Å²) < 4.78 is 47.5. The minimum absolute atomic E-state index is 0.0484. The Hall–Kier alpha value is -3.57. The highest BCUT2D eigenvalue weighted by atomic mass is 35.5. The average molecular weight is 518 g/mol. The Kier molecular flexibility index (Phi) is 6.99. The number of nitrogens with one attached hydrogen (secondary N) is 1. The van der Waals surface area contributed by atoms with Crippen molar-refractivity contribution in [2.24, 2.45) is 0 Å². The van der Waals surface area contributed by atoms with Gasteiger partial charge in [0.25, 0.3) is 0 Å². The Morgan fingerprint density at radius 2 is 1.80 bits per heavy atom. The third-order valence-corrected chi connectivity index (χ3v) is 7.21. The van der Waals surface area contributed by atoms with Crippen molar-refractivity contribution in [2.45, 2.75) is 25.5 Å². The highest BCUT2D eigenvalue weighted by Gasteiger charge is 2.29. The van der Waals surface area contributed by atoms with Crippen LogP contribution in [0.5, 0.6) is 11.5 Å². The molecular formula is C23H24ClN5O5S. The number of sulfonamides is 1. The van der Waals surface area contributed by atoms with Gasteiger partial charge in [-0.15, -0.1) is 10.2 Å². The predicted molar refractivity (Wildman–Crippen MR) is 132 cm³/mol. The number of pyridine rings is 1. The smallest absolute Gasteiger partial charge is 0.243 e. The number of methoxy groups -OCH3 is 2. The summed E-state index contributed by atoms with van der Waals surface area (Å²) in [5.74, 6) is 2.12. The van der Waals surface area contributed by atoms with E-state index in [2.05, 4.69) is 19.9 Å². The van der Waals surface area contributed by atoms with Gasteiger partial charge in [-0.2, -0.15) is 0 Å². The minimum atomic E-state index is -3.91. The summed E-state index contributed by atoms with van der Waals surface area (Å²) in [5, 5.41) is 7.99. The van der Waals surface area contributed by atoms with Crippen LogP contribution in [0.1, 0.15) is 18.4 Å². The van der Waals surface area contributed by atoms with Gasteiger partial charge >= 0.3 is 0 Å². The molecule has 0 spiro atoms. The second kappa shape index (κ2) is 9.96. The molecule has 3 aromatic heterocycles. The maximum Gasteiger partial charge on any atom is 0.243 e. The minimum Gasteiger partial charge on any atom is -0.494 e. The van der Waals surface area contributed by atoms with Gasteiger partial charge in [-0.05, 0) is 50.2 Å². The van der Waals surface area contributed by atoms with Gasteiger partial charge in [0.1, 0.15) is 22.9 Å². The fourth-order valence-corrected chi connectivity index (χ4v) is 4.58. The molecule has 1 N–H and O–H groups in total. The van der Waals surface area contributed by atoms with E-state index in [0.29, 0.717) is 39.4 Å². The first-order valence-corrected chi connectivity index (χ1v) is 12.5. The lowest BCUT2D eigenvalue weighted by atomic mass is 10.2. The molecule has 0 bridgehead atoms. The van der Waals surface area contributed by atoms with Crippen LogP contribution >= 0.6 is 11.6 Å². The normalized spacial score (nSPS) is 12.4. The van der Waals surface area contributed by atoms with Crippen molar-refractivity contribution in [3.8, 4) is 28.8 Å². The van der Waals surface area contributed by atoms with E-state index in [1.54, 1.807) is 56.3 Å². The Morgan fingerprint density at radius 1 is 1.09 bits per heavy atom. The van der Waals surface area contributed by atoms with E-state index in [1.165, 1.54) is 25.0 Å². The molecule has 4 aromatic rings. The van der Waals surface area contributed by atoms with Crippen LogP contribution in [0.3, 0.4) is 0 Å². The Morgan fingerprint density at radius 3 is 2.37 bits per heavy atom. The number of ether oxygens (including phenoxy) is 2. The standard InChI is InChI=1S/C23H24ClN5O5S/c1-14-8-11-20(34-14)22-26-27-23(29(22)21-18(32-3)6-5-7-19(21)33-4)28-35(30,31)15(2)12-17-10-9-16(24)13-25-17/h5-11,13,15H,12H2,1-4H3,(H,27,28)/t15-/m0/s1. The van der Waals surface area contributed by atoms with Crippen LogP contribution in [0.25, 0.3) is 17.3 Å². The lowest BCUT2D eigenvalue weighted by Crippen LogP contribution is -2.28. The van der Waals surface area contributed by atoms with Gasteiger partial charge in [-0.3, -0.25) is 14.3 Å². The molecule has 4 rings (SSSR count). The van der Waals surface area contributed by atoms with Crippen molar-refractivity contribution in [1.82, 2.24) is 19.7 Å². The van der Waals surface area contributed by atoms with Gasteiger partial charge in [0.2, 0.25) is 21.8 Å². The highest BCUT2D eigenvalue weighted by molar-refractivity contribution is 7.93. The summed E-state index contributed by atoms with van der Waals surface area (Å²) in [6, 6.07) is 12.1. The van der Waals surface area contributed by atoms with Crippen LogP contribution in [0, 0.1) is 6.92 Å². The number of furan rings is 1. The molecule has 35 heavy (non-hydrogen) atoms. The first-order chi connectivity index (χ1) is 16.7. The molecule has 3 heterocycles. The summed E-state index contributed by atoms with van der Waals surface area (Å²) in [7, 11) is -0.905. The van der Waals surface area contributed by atoms with Crippen LogP contribution in [-0.2, 0) is 16.4 Å². The van der Waals surface area contributed by atoms with Crippen LogP contribution in [0.15, 0.2) is 53.1 Å². The second-order valence-electron chi connectivity index (χ2n) is 7.73. The van der Waals surface area contributed by atoms with E-state index >= 15 is 0 Å². The Labute approximate surface area is 207 Å². The zero-order valence-corrected chi connectivity index (χ0v) is 21.1. The van der Waals surface area contributed by atoms with E-state index < -0.39 is 15.3 Å². The summed E-state index contributed by atoms with van der Waals surface area (Å²) in [6.45, 7) is 3.38. The van der Waals surface area contributed by atoms with Crippen molar-refractivity contribution in [3.63, 3.8) is 0 Å². The number of hydrogen-bond donors (Lipinski definition) is 1. The van der Waals surface area contributed by atoms with Gasteiger partial charge in [0, 0.05) is 18.3 Å². The van der Waals surface area contributed by atoms with Gasteiger partial charge < -0.3 is 13.9 Å². The predicted octanol–water partition coefficient (Wildman–Crippen LogP) is 4.27. The summed E-state index contributed by atoms with van der Waals surface area (Å²) >= 11 is 5.89. The molecule has 0 radical (unpaired) electrons. The first-order valence-electron chi connectivity index (χ1n) is 10.6. The number of anilines is 1. The van der Waals surface area contributed by atoms with Crippen LogP contribution in [0.4, 0.5) is 5.95 Å². The van der Waals surface area contributed by atoms with E-state index in [0.717, 1.165) is 0 Å². The first kappa shape index (κ1) is 24.6. The van der Waals surface area contributed by atoms with Gasteiger partial charge in [0.15, 0.2) is 5.76 Å². The zero-order chi connectivity index (χ0) is 25.2. The average Bonchev–Trinajstić information content (AvgIpc) is 3.45. The van der Waals surface area contributed by atoms with Crippen molar-refractivity contribution >= 4 is 27.6 Å². The molecule has 10 nitrogen and oxygen atoms in total. The summed E-state index contributed by atoms with van der Waals surface area (Å²) in [6.07, 6.45) is 1.65. The number of aromatic nitrogens is 4. The summed E-state index contributed by atoms with van der Waals surface area (Å²) in [5.41, 5.74) is 1.00. The molecule has 0 amide bonds. The number of para-hydroxylation sites is 1. The van der Waals surface area contributed by atoms with Crippen molar-refractivity contribution in [2.75, 3.05) is 18.9 Å². The van der Waals surface area contributed by atoms with Crippen molar-refractivity contribution < 1.29 is 22.3 Å².